The van der Waals surface area contributed by atoms with Crippen molar-refractivity contribution >= 4 is 29.5 Å². The Hall–Kier alpha value is -2.88. The molecule has 0 saturated carbocycles. The number of anilines is 4. The highest BCUT2D eigenvalue weighted by molar-refractivity contribution is 5.92. The minimum absolute atomic E-state index is 0.135. The normalized spacial score (nSPS) is 15.4. The van der Waals surface area contributed by atoms with E-state index in [9.17, 15) is 18.3 Å². The van der Waals surface area contributed by atoms with E-state index in [0.29, 0.717) is 30.4 Å². The van der Waals surface area contributed by atoms with Crippen molar-refractivity contribution in [2.24, 2.45) is 5.92 Å². The molecular formula is C25H35F3N6O. The fourth-order valence-electron chi connectivity index (χ4n) is 4.37. The van der Waals surface area contributed by atoms with Crippen LogP contribution in [-0.2, 0) is 6.18 Å². The fraction of sp³-hybridized carbons (Fsp3) is 0.560. The molecule has 0 aliphatic carbocycles. The van der Waals surface area contributed by atoms with Gasteiger partial charge in [-0.3, -0.25) is 0 Å². The third kappa shape index (κ3) is 6.62. The van der Waals surface area contributed by atoms with Crippen LogP contribution in [0.1, 0.15) is 64.5 Å². The van der Waals surface area contributed by atoms with Crippen LogP contribution >= 0.6 is 0 Å². The maximum atomic E-state index is 13.2. The number of benzene rings is 1. The van der Waals surface area contributed by atoms with Crippen LogP contribution in [0.25, 0.3) is 0 Å². The van der Waals surface area contributed by atoms with Gasteiger partial charge in [0.15, 0.2) is 0 Å². The largest absolute Gasteiger partial charge is 0.416 e. The molecule has 2 heterocycles. The van der Waals surface area contributed by atoms with Crippen molar-refractivity contribution in [2.45, 2.75) is 71.2 Å². The molecule has 0 radical (unpaired) electrons. The lowest BCUT2D eigenvalue weighted by Crippen LogP contribution is -2.42. The van der Waals surface area contributed by atoms with Gasteiger partial charge in [-0.1, -0.05) is 19.9 Å². The highest BCUT2D eigenvalue weighted by atomic mass is 19.4. The monoisotopic (exact) mass is 492 g/mol. The first-order valence-corrected chi connectivity index (χ1v) is 12.1. The first-order chi connectivity index (χ1) is 16.5. The Balaban J connectivity index is 2.00. The van der Waals surface area contributed by atoms with Gasteiger partial charge in [0.25, 0.3) is 0 Å². The summed E-state index contributed by atoms with van der Waals surface area (Å²) in [7, 11) is 0. The van der Waals surface area contributed by atoms with E-state index >= 15 is 0 Å². The zero-order valence-corrected chi connectivity index (χ0v) is 20.7. The van der Waals surface area contributed by atoms with Gasteiger partial charge >= 0.3 is 6.18 Å². The average Bonchev–Trinajstić information content (AvgIpc) is 2.81. The highest BCUT2D eigenvalue weighted by Crippen LogP contribution is 2.35. The van der Waals surface area contributed by atoms with Crippen LogP contribution < -0.4 is 15.5 Å². The maximum absolute atomic E-state index is 13.2. The molecule has 0 bridgehead atoms. The van der Waals surface area contributed by atoms with E-state index in [0.717, 1.165) is 44.0 Å². The van der Waals surface area contributed by atoms with Crippen LogP contribution in [0.4, 0.5) is 36.4 Å². The van der Waals surface area contributed by atoms with Gasteiger partial charge in [-0.25, -0.2) is 0 Å². The molecule has 192 valence electrons. The fourth-order valence-corrected chi connectivity index (χ4v) is 4.37. The predicted molar refractivity (Wildman–Crippen MR) is 134 cm³/mol. The molecule has 1 aliphatic heterocycles. The summed E-state index contributed by atoms with van der Waals surface area (Å²) < 4.78 is 39.7. The van der Waals surface area contributed by atoms with E-state index in [4.69, 9.17) is 10.4 Å². The van der Waals surface area contributed by atoms with Crippen LogP contribution in [-0.4, -0.2) is 46.0 Å². The van der Waals surface area contributed by atoms with Gasteiger partial charge in [-0.2, -0.15) is 23.1 Å². The molecule has 0 amide bonds. The number of halogens is 3. The predicted octanol–water partition coefficient (Wildman–Crippen LogP) is 5.82. The molecule has 1 aromatic heterocycles. The van der Waals surface area contributed by atoms with Crippen molar-refractivity contribution in [1.82, 2.24) is 9.97 Å². The Morgan fingerprint density at radius 2 is 1.83 bits per heavy atom. The van der Waals surface area contributed by atoms with Gasteiger partial charge in [-0.15, -0.1) is 0 Å². The van der Waals surface area contributed by atoms with Crippen molar-refractivity contribution < 1.29 is 18.3 Å². The van der Waals surface area contributed by atoms with Crippen LogP contribution in [0, 0.1) is 11.3 Å². The van der Waals surface area contributed by atoms with Gasteiger partial charge in [0.1, 0.15) is 11.6 Å². The van der Waals surface area contributed by atoms with Crippen molar-refractivity contribution in [3.63, 3.8) is 0 Å². The van der Waals surface area contributed by atoms with E-state index in [1.165, 1.54) is 12.1 Å². The molecule has 0 atom stereocenters. The third-order valence-electron chi connectivity index (χ3n) is 6.63. The van der Waals surface area contributed by atoms with Gasteiger partial charge in [0.2, 0.25) is 5.95 Å². The topological polar surface area (TPSA) is 97.2 Å². The Bertz CT molecular complexity index is 1010. The lowest BCUT2D eigenvalue weighted by Gasteiger charge is -2.38. The van der Waals surface area contributed by atoms with E-state index in [1.54, 1.807) is 0 Å². The van der Waals surface area contributed by atoms with Crippen molar-refractivity contribution in [2.75, 3.05) is 28.6 Å². The van der Waals surface area contributed by atoms with E-state index in [-0.39, 0.29) is 23.5 Å². The number of aliphatic hydroxyl groups is 1. The lowest BCUT2D eigenvalue weighted by molar-refractivity contribution is -0.137. The quantitative estimate of drug-likeness (QED) is 0.329. The SMILES string of the molecule is CCC(CC)Nc1nc(Nc2cccc(C(F)(F)F)c2)c(C=N)c(N2CCC(C(C)(C)O)CC2)n1. The molecule has 1 fully saturated rings. The number of nitrogens with one attached hydrogen (secondary N) is 3. The summed E-state index contributed by atoms with van der Waals surface area (Å²) in [6.07, 6.45) is -0.1000. The summed E-state index contributed by atoms with van der Waals surface area (Å²) in [4.78, 5) is 11.3. The number of alkyl halides is 3. The zero-order chi connectivity index (χ0) is 25.8. The number of hydrogen-bond donors (Lipinski definition) is 4. The summed E-state index contributed by atoms with van der Waals surface area (Å²) in [6, 6.07) is 5.05. The van der Waals surface area contributed by atoms with Gasteiger partial charge in [0.05, 0.1) is 16.7 Å². The van der Waals surface area contributed by atoms with Crippen LogP contribution in [0.2, 0.25) is 0 Å². The summed E-state index contributed by atoms with van der Waals surface area (Å²) in [6.45, 7) is 9.01. The molecule has 0 unspecified atom stereocenters. The number of hydrogen-bond acceptors (Lipinski definition) is 7. The minimum atomic E-state index is -4.47. The number of nitrogens with zero attached hydrogens (tertiary/aromatic N) is 3. The lowest BCUT2D eigenvalue weighted by atomic mass is 9.83. The van der Waals surface area contributed by atoms with Crippen molar-refractivity contribution in [1.29, 1.82) is 5.41 Å². The van der Waals surface area contributed by atoms with Crippen LogP contribution in [0.3, 0.4) is 0 Å². The first-order valence-electron chi connectivity index (χ1n) is 12.1. The van der Waals surface area contributed by atoms with E-state index < -0.39 is 17.3 Å². The molecule has 7 nitrogen and oxygen atoms in total. The summed E-state index contributed by atoms with van der Waals surface area (Å²) in [5.74, 6) is 1.32. The highest BCUT2D eigenvalue weighted by Gasteiger charge is 2.33. The smallest absolute Gasteiger partial charge is 0.390 e. The summed E-state index contributed by atoms with van der Waals surface area (Å²) in [5.41, 5.74) is -0.918. The number of aromatic nitrogens is 2. The molecule has 1 saturated heterocycles. The van der Waals surface area contributed by atoms with E-state index in [1.807, 2.05) is 13.8 Å². The van der Waals surface area contributed by atoms with Crippen molar-refractivity contribution in [3.8, 4) is 0 Å². The molecule has 1 aliphatic rings. The molecular weight excluding hydrogens is 457 g/mol. The molecule has 1 aromatic carbocycles. The summed E-state index contributed by atoms with van der Waals surface area (Å²) in [5, 5.41) is 24.8. The zero-order valence-electron chi connectivity index (χ0n) is 20.7. The Labute approximate surface area is 204 Å². The summed E-state index contributed by atoms with van der Waals surface area (Å²) >= 11 is 0. The second-order valence-corrected chi connectivity index (χ2v) is 9.55. The molecule has 35 heavy (non-hydrogen) atoms. The van der Waals surface area contributed by atoms with Gasteiger partial charge in [-0.05, 0) is 63.6 Å². The van der Waals surface area contributed by atoms with Crippen molar-refractivity contribution in [3.05, 3.63) is 35.4 Å². The third-order valence-corrected chi connectivity index (χ3v) is 6.63. The average molecular weight is 493 g/mol. The second-order valence-electron chi connectivity index (χ2n) is 9.55. The van der Waals surface area contributed by atoms with Crippen LogP contribution in [0.15, 0.2) is 24.3 Å². The Morgan fingerprint density at radius 3 is 2.37 bits per heavy atom. The second kappa shape index (κ2) is 10.8. The number of rotatable bonds is 9. The van der Waals surface area contributed by atoms with Gasteiger partial charge in [0, 0.05) is 31.0 Å². The van der Waals surface area contributed by atoms with Crippen LogP contribution in [0.5, 0.6) is 0 Å². The maximum Gasteiger partial charge on any atom is 0.416 e. The van der Waals surface area contributed by atoms with E-state index in [2.05, 4.69) is 34.4 Å². The van der Waals surface area contributed by atoms with Gasteiger partial charge < -0.3 is 26.0 Å². The Morgan fingerprint density at radius 1 is 1.17 bits per heavy atom. The minimum Gasteiger partial charge on any atom is -0.390 e. The Kier molecular flexibility index (Phi) is 8.25. The molecule has 2 aromatic rings. The molecule has 10 heteroatoms. The standard InChI is InChI=1S/C25H35F3N6O/c1-5-18(6-2)31-23-32-21(30-19-9-7-8-17(14-19)25(26,27)28)20(15-29)22(33-23)34-12-10-16(11-13-34)24(3,4)35/h7-9,14-16,18,29,35H,5-6,10-13H2,1-4H3,(H2,30,31,32,33). The molecule has 3 rings (SSSR count). The first kappa shape index (κ1) is 26.7. The number of piperidine rings is 1. The molecule has 0 spiro atoms. The molecule has 4 N–H and O–H groups in total.